The number of rotatable bonds is 8. The zero-order valence-electron chi connectivity index (χ0n) is 21.5. The van der Waals surface area contributed by atoms with Crippen LogP contribution in [0.4, 0.5) is 24.7 Å². The van der Waals surface area contributed by atoms with Crippen molar-refractivity contribution in [2.75, 3.05) is 56.7 Å². The van der Waals surface area contributed by atoms with Crippen molar-refractivity contribution in [3.05, 3.63) is 34.7 Å². The van der Waals surface area contributed by atoms with E-state index in [1.807, 2.05) is 13.8 Å². The van der Waals surface area contributed by atoms with Crippen LogP contribution in [0, 0.1) is 6.92 Å². The molecule has 4 rings (SSSR count). The molecular formula is C24H29ClF3N7O3. The molecule has 3 aromatic rings. The minimum absolute atomic E-state index is 0.289. The van der Waals surface area contributed by atoms with E-state index in [9.17, 15) is 18.0 Å². The zero-order valence-corrected chi connectivity index (χ0v) is 22.2. The second-order valence-electron chi connectivity index (χ2n) is 9.12. The van der Waals surface area contributed by atoms with Crippen molar-refractivity contribution in [3.63, 3.8) is 0 Å². The number of aromatic nitrogens is 4. The Morgan fingerprint density at radius 1 is 1.18 bits per heavy atom. The fraction of sp³-hybridized carbons (Fsp3) is 0.500. The Morgan fingerprint density at radius 2 is 1.87 bits per heavy atom. The summed E-state index contributed by atoms with van der Waals surface area (Å²) in [5.41, 5.74) is 3.47. The number of hydrogen-bond acceptors (Lipinski definition) is 9. The summed E-state index contributed by atoms with van der Waals surface area (Å²) in [7, 11) is 2.96. The van der Waals surface area contributed by atoms with Gasteiger partial charge in [-0.05, 0) is 45.1 Å². The van der Waals surface area contributed by atoms with Crippen LogP contribution < -0.4 is 14.5 Å². The van der Waals surface area contributed by atoms with E-state index in [2.05, 4.69) is 34.7 Å². The van der Waals surface area contributed by atoms with E-state index in [4.69, 9.17) is 16.3 Å². The van der Waals surface area contributed by atoms with Gasteiger partial charge in [-0.1, -0.05) is 18.5 Å². The highest BCUT2D eigenvalue weighted by molar-refractivity contribution is 6.32. The molecule has 1 unspecified atom stereocenters. The van der Waals surface area contributed by atoms with Gasteiger partial charge in [0, 0.05) is 31.9 Å². The fourth-order valence-corrected chi connectivity index (χ4v) is 4.51. The first kappa shape index (κ1) is 27.7. The van der Waals surface area contributed by atoms with E-state index < -0.39 is 18.4 Å². The van der Waals surface area contributed by atoms with Crippen LogP contribution in [0.15, 0.2) is 18.5 Å². The van der Waals surface area contributed by atoms with Gasteiger partial charge in [0.05, 0.1) is 16.1 Å². The maximum absolute atomic E-state index is 12.6. The summed E-state index contributed by atoms with van der Waals surface area (Å²) in [6.45, 7) is 6.52. The SMILES string of the molecule is CCc1n[nH]c2ncnc(N3CCN(c4cc(Cl)c(OCC(OC(=O)C(F)(F)F)N(C)C)cc4C)CC3)c12. The predicted octanol–water partition coefficient (Wildman–Crippen LogP) is 3.58. The number of fused-ring (bicyclic) bond motifs is 1. The molecule has 38 heavy (non-hydrogen) atoms. The number of aromatic amines is 1. The lowest BCUT2D eigenvalue weighted by Crippen LogP contribution is -2.47. The summed E-state index contributed by atoms with van der Waals surface area (Å²) < 4.78 is 48.0. The van der Waals surface area contributed by atoms with Crippen LogP contribution in [0.3, 0.4) is 0 Å². The number of hydrogen-bond donors (Lipinski definition) is 1. The number of aryl methyl sites for hydroxylation is 2. The summed E-state index contributed by atoms with van der Waals surface area (Å²) in [5, 5.41) is 8.57. The highest BCUT2D eigenvalue weighted by Crippen LogP contribution is 2.34. The van der Waals surface area contributed by atoms with Gasteiger partial charge in [0.2, 0.25) is 0 Å². The Kier molecular flexibility index (Phi) is 8.16. The molecule has 0 spiro atoms. The summed E-state index contributed by atoms with van der Waals surface area (Å²) >= 11 is 6.48. The van der Waals surface area contributed by atoms with Gasteiger partial charge >= 0.3 is 12.1 Å². The smallest absolute Gasteiger partial charge is 0.487 e. The third kappa shape index (κ3) is 5.88. The molecule has 3 heterocycles. The first-order valence-electron chi connectivity index (χ1n) is 12.0. The quantitative estimate of drug-likeness (QED) is 0.330. The van der Waals surface area contributed by atoms with E-state index in [0.717, 1.165) is 66.4 Å². The number of ether oxygens (including phenoxy) is 2. The molecular weight excluding hydrogens is 527 g/mol. The minimum Gasteiger partial charge on any atom is -0.487 e. The Morgan fingerprint density at radius 3 is 2.50 bits per heavy atom. The molecule has 1 aromatic carbocycles. The Balaban J connectivity index is 1.42. The maximum atomic E-state index is 12.6. The Hall–Kier alpha value is -3.32. The largest absolute Gasteiger partial charge is 0.490 e. The lowest BCUT2D eigenvalue weighted by molar-refractivity contribution is -0.213. The number of likely N-dealkylation sites (N-methyl/N-ethyl adjacent to an activating group) is 1. The van der Waals surface area contributed by atoms with Crippen molar-refractivity contribution < 1.29 is 27.4 Å². The van der Waals surface area contributed by atoms with Gasteiger partial charge in [-0.2, -0.15) is 18.3 Å². The highest BCUT2D eigenvalue weighted by Gasteiger charge is 2.42. The van der Waals surface area contributed by atoms with Crippen LogP contribution >= 0.6 is 11.6 Å². The monoisotopic (exact) mass is 555 g/mol. The Bertz CT molecular complexity index is 1290. The topological polar surface area (TPSA) is 99.7 Å². The molecule has 1 aliphatic rings. The van der Waals surface area contributed by atoms with Crippen LogP contribution in [-0.4, -0.2) is 90.3 Å². The summed E-state index contributed by atoms with van der Waals surface area (Å²) in [4.78, 5) is 25.8. The number of esters is 1. The minimum atomic E-state index is -5.09. The molecule has 0 radical (unpaired) electrons. The number of piperazine rings is 1. The van der Waals surface area contributed by atoms with E-state index in [1.54, 1.807) is 12.1 Å². The normalized spacial score (nSPS) is 15.3. The number of H-pyrrole nitrogens is 1. The average Bonchev–Trinajstić information content (AvgIpc) is 3.31. The second kappa shape index (κ2) is 11.2. The number of carbonyl (C=O) groups is 1. The number of alkyl halides is 3. The van der Waals surface area contributed by atoms with E-state index in [1.165, 1.54) is 25.3 Å². The van der Waals surface area contributed by atoms with Crippen molar-refractivity contribution in [2.45, 2.75) is 32.7 Å². The molecule has 10 nitrogen and oxygen atoms in total. The first-order valence-corrected chi connectivity index (χ1v) is 12.4. The third-order valence-corrected chi connectivity index (χ3v) is 6.65. The first-order chi connectivity index (χ1) is 18.0. The molecule has 14 heteroatoms. The number of carbonyl (C=O) groups excluding carboxylic acids is 1. The van der Waals surface area contributed by atoms with E-state index >= 15 is 0 Å². The van der Waals surface area contributed by atoms with Gasteiger partial charge in [0.1, 0.15) is 24.5 Å². The van der Waals surface area contributed by atoms with Gasteiger partial charge in [-0.25, -0.2) is 14.8 Å². The molecule has 2 aromatic heterocycles. The molecule has 1 N–H and O–H groups in total. The highest BCUT2D eigenvalue weighted by atomic mass is 35.5. The lowest BCUT2D eigenvalue weighted by atomic mass is 10.1. The number of nitrogens with one attached hydrogen (secondary N) is 1. The molecule has 0 aliphatic carbocycles. The van der Waals surface area contributed by atoms with E-state index in [-0.39, 0.29) is 12.4 Å². The average molecular weight is 556 g/mol. The fourth-order valence-electron chi connectivity index (χ4n) is 4.29. The molecule has 1 saturated heterocycles. The van der Waals surface area contributed by atoms with Crippen LogP contribution in [0.5, 0.6) is 5.75 Å². The number of benzene rings is 1. The van der Waals surface area contributed by atoms with Crippen molar-refractivity contribution in [3.8, 4) is 5.75 Å². The zero-order chi connectivity index (χ0) is 27.6. The maximum Gasteiger partial charge on any atom is 0.490 e. The van der Waals surface area contributed by atoms with Crippen LogP contribution in [0.1, 0.15) is 18.2 Å². The Labute approximate surface area is 222 Å². The van der Waals surface area contributed by atoms with Crippen LogP contribution in [-0.2, 0) is 16.0 Å². The number of nitrogens with zero attached hydrogens (tertiary/aromatic N) is 6. The van der Waals surface area contributed by atoms with Gasteiger partial charge < -0.3 is 19.3 Å². The number of halogens is 4. The van der Waals surface area contributed by atoms with Crippen molar-refractivity contribution in [1.82, 2.24) is 25.1 Å². The molecule has 1 atom stereocenters. The van der Waals surface area contributed by atoms with Gasteiger partial charge in [0.25, 0.3) is 0 Å². The summed E-state index contributed by atoms with van der Waals surface area (Å²) in [6.07, 6.45) is -4.03. The molecule has 0 amide bonds. The second-order valence-corrected chi connectivity index (χ2v) is 9.53. The molecule has 0 bridgehead atoms. The van der Waals surface area contributed by atoms with Crippen molar-refractivity contribution >= 4 is 40.1 Å². The van der Waals surface area contributed by atoms with Gasteiger partial charge in [-0.15, -0.1) is 0 Å². The molecule has 1 aliphatic heterocycles. The summed E-state index contributed by atoms with van der Waals surface area (Å²) in [5.74, 6) is -1.13. The predicted molar refractivity (Wildman–Crippen MR) is 137 cm³/mol. The lowest BCUT2D eigenvalue weighted by Gasteiger charge is -2.37. The number of anilines is 2. The third-order valence-electron chi connectivity index (χ3n) is 6.35. The molecule has 206 valence electrons. The standard InChI is InChI=1S/C24H29ClF3N7O3/c1-5-16-20-21(32-31-16)29-13-30-22(20)35-8-6-34(7-9-35)17-11-15(25)18(10-14(17)2)37-12-19(33(3)4)38-23(36)24(26,27)28/h10-11,13,19H,5-9,12H2,1-4H3,(H,29,30,31,32). The van der Waals surface area contributed by atoms with Crippen molar-refractivity contribution in [1.29, 1.82) is 0 Å². The molecule has 1 fully saturated rings. The van der Waals surface area contributed by atoms with Crippen molar-refractivity contribution in [2.24, 2.45) is 0 Å². The van der Waals surface area contributed by atoms with Crippen LogP contribution in [0.25, 0.3) is 11.0 Å². The summed E-state index contributed by atoms with van der Waals surface area (Å²) in [6, 6.07) is 3.51. The van der Waals surface area contributed by atoms with Gasteiger partial charge in [0.15, 0.2) is 11.9 Å². The molecule has 0 saturated carbocycles. The van der Waals surface area contributed by atoms with E-state index in [0.29, 0.717) is 5.02 Å². The van der Waals surface area contributed by atoms with Gasteiger partial charge in [-0.3, -0.25) is 10.00 Å². The van der Waals surface area contributed by atoms with Crippen LogP contribution in [0.2, 0.25) is 5.02 Å².